The van der Waals surface area contributed by atoms with E-state index >= 15 is 0 Å². The first-order valence-corrected chi connectivity index (χ1v) is 7.98. The van der Waals surface area contributed by atoms with Crippen LogP contribution >= 0.6 is 0 Å². The van der Waals surface area contributed by atoms with Gasteiger partial charge in [0.05, 0.1) is 6.10 Å². The van der Waals surface area contributed by atoms with E-state index in [4.69, 9.17) is 9.47 Å². The van der Waals surface area contributed by atoms with E-state index in [1.807, 2.05) is 0 Å². The monoisotopic (exact) mass is 268 g/mol. The van der Waals surface area contributed by atoms with E-state index in [1.54, 1.807) is 7.11 Å². The van der Waals surface area contributed by atoms with Gasteiger partial charge >= 0.3 is 0 Å². The van der Waals surface area contributed by atoms with Crippen LogP contribution in [0.15, 0.2) is 0 Å². The van der Waals surface area contributed by atoms with Crippen molar-refractivity contribution in [3.05, 3.63) is 0 Å². The average Bonchev–Trinajstić information content (AvgIpc) is 2.94. The molecule has 2 atom stereocenters. The lowest BCUT2D eigenvalue weighted by Crippen LogP contribution is -2.33. The van der Waals surface area contributed by atoms with Crippen molar-refractivity contribution in [2.24, 2.45) is 5.92 Å². The number of carbonyl (C=O) groups excluding carboxylic acids is 1. The summed E-state index contributed by atoms with van der Waals surface area (Å²) in [5.74, 6) is 0.779. The Kier molecular flexibility index (Phi) is 6.32. The molecule has 19 heavy (non-hydrogen) atoms. The van der Waals surface area contributed by atoms with E-state index in [-0.39, 0.29) is 6.10 Å². The molecule has 0 aromatic heterocycles. The van der Waals surface area contributed by atoms with Crippen molar-refractivity contribution in [2.75, 3.05) is 13.7 Å². The lowest BCUT2D eigenvalue weighted by molar-refractivity contribution is -0.133. The smallest absolute Gasteiger partial charge is 0.161 e. The molecule has 1 aliphatic carbocycles. The van der Waals surface area contributed by atoms with Crippen molar-refractivity contribution in [3.8, 4) is 0 Å². The molecule has 2 fully saturated rings. The topological polar surface area (TPSA) is 35.5 Å². The zero-order valence-corrected chi connectivity index (χ0v) is 12.2. The molecule has 2 aliphatic rings. The predicted octanol–water partition coefficient (Wildman–Crippen LogP) is 3.50. The fourth-order valence-corrected chi connectivity index (χ4v) is 3.54. The molecule has 0 radical (unpaired) electrons. The van der Waals surface area contributed by atoms with Crippen molar-refractivity contribution in [2.45, 2.75) is 76.4 Å². The molecule has 1 heterocycles. The first-order valence-electron chi connectivity index (χ1n) is 7.98. The molecule has 0 aromatic carbocycles. The molecule has 2 rings (SSSR count). The molecule has 0 amide bonds. The molecular weight excluding hydrogens is 240 g/mol. The van der Waals surface area contributed by atoms with Gasteiger partial charge in [-0.05, 0) is 44.4 Å². The number of carbonyl (C=O) groups is 1. The third-order valence-corrected chi connectivity index (χ3v) is 4.62. The average molecular weight is 268 g/mol. The van der Waals surface area contributed by atoms with Crippen LogP contribution in [0.25, 0.3) is 0 Å². The summed E-state index contributed by atoms with van der Waals surface area (Å²) < 4.78 is 11.1. The molecule has 0 N–H and O–H groups in total. The fourth-order valence-electron chi connectivity index (χ4n) is 3.54. The molecule has 2 unspecified atom stereocenters. The second kappa shape index (κ2) is 8.01. The predicted molar refractivity (Wildman–Crippen MR) is 75.2 cm³/mol. The van der Waals surface area contributed by atoms with Gasteiger partial charge in [-0.3, -0.25) is 4.79 Å². The summed E-state index contributed by atoms with van der Waals surface area (Å²) in [4.78, 5) is 12.3. The number of methoxy groups -OCH3 is 1. The van der Waals surface area contributed by atoms with Crippen LogP contribution in [0.3, 0.4) is 0 Å². The molecule has 0 spiro atoms. The van der Waals surface area contributed by atoms with Crippen LogP contribution in [-0.4, -0.2) is 31.7 Å². The summed E-state index contributed by atoms with van der Waals surface area (Å²) in [6.07, 6.45) is 11.4. The highest BCUT2D eigenvalue weighted by atomic mass is 16.5. The van der Waals surface area contributed by atoms with Crippen molar-refractivity contribution >= 4 is 5.78 Å². The number of ether oxygens (including phenoxy) is 2. The van der Waals surface area contributed by atoms with Crippen LogP contribution in [0.4, 0.5) is 0 Å². The second-order valence-electron chi connectivity index (χ2n) is 6.05. The zero-order valence-electron chi connectivity index (χ0n) is 12.2. The van der Waals surface area contributed by atoms with Gasteiger partial charge in [0.2, 0.25) is 0 Å². The molecule has 3 heteroatoms. The molecule has 1 saturated heterocycles. The largest absolute Gasteiger partial charge is 0.378 e. The number of rotatable bonds is 7. The molecule has 1 saturated carbocycles. The van der Waals surface area contributed by atoms with Crippen molar-refractivity contribution < 1.29 is 14.3 Å². The molecular formula is C16H28O3. The normalized spacial score (nSPS) is 26.5. The summed E-state index contributed by atoms with van der Waals surface area (Å²) in [6.45, 7) is 0.904. The maximum atomic E-state index is 12.3. The van der Waals surface area contributed by atoms with E-state index in [2.05, 4.69) is 0 Å². The van der Waals surface area contributed by atoms with E-state index in [9.17, 15) is 4.79 Å². The zero-order chi connectivity index (χ0) is 13.5. The standard InChI is InChI=1S/C16H28O3/c1-18-16(13-7-3-2-4-8-13)15(17)11-5-9-14-10-6-12-19-14/h13-14,16H,2-12H2,1H3. The van der Waals surface area contributed by atoms with Crippen molar-refractivity contribution in [3.63, 3.8) is 0 Å². The molecule has 1 aliphatic heterocycles. The van der Waals surface area contributed by atoms with Gasteiger partial charge in [-0.25, -0.2) is 0 Å². The number of ketones is 1. The van der Waals surface area contributed by atoms with Crippen molar-refractivity contribution in [1.82, 2.24) is 0 Å². The highest BCUT2D eigenvalue weighted by molar-refractivity contribution is 5.83. The Bertz CT molecular complexity index is 265. The summed E-state index contributed by atoms with van der Waals surface area (Å²) in [5.41, 5.74) is 0. The SMILES string of the molecule is COC(C(=O)CCCC1CCCO1)C1CCCCC1. The highest BCUT2D eigenvalue weighted by Gasteiger charge is 2.29. The van der Waals surface area contributed by atoms with Crippen molar-refractivity contribution in [1.29, 1.82) is 0 Å². The van der Waals surface area contributed by atoms with Crippen LogP contribution in [0.5, 0.6) is 0 Å². The van der Waals surface area contributed by atoms with Gasteiger partial charge < -0.3 is 9.47 Å². The lowest BCUT2D eigenvalue weighted by atomic mass is 9.83. The van der Waals surface area contributed by atoms with Gasteiger partial charge in [0.1, 0.15) is 6.10 Å². The van der Waals surface area contributed by atoms with Gasteiger partial charge in [-0.2, -0.15) is 0 Å². The minimum absolute atomic E-state index is 0.148. The van der Waals surface area contributed by atoms with Gasteiger partial charge in [-0.1, -0.05) is 19.3 Å². The Morgan fingerprint density at radius 2 is 2.00 bits per heavy atom. The van der Waals surface area contributed by atoms with Gasteiger partial charge in [0.25, 0.3) is 0 Å². The Labute approximate surface area is 117 Å². The fraction of sp³-hybridized carbons (Fsp3) is 0.938. The van der Waals surface area contributed by atoms with E-state index in [1.165, 1.54) is 32.1 Å². The molecule has 3 nitrogen and oxygen atoms in total. The van der Waals surface area contributed by atoms with E-state index in [0.717, 1.165) is 32.3 Å². The Morgan fingerprint density at radius 3 is 2.63 bits per heavy atom. The number of Topliss-reactive ketones (excluding diaryl/α,β-unsaturated/α-hetero) is 1. The minimum Gasteiger partial charge on any atom is -0.378 e. The second-order valence-corrected chi connectivity index (χ2v) is 6.05. The maximum absolute atomic E-state index is 12.3. The third-order valence-electron chi connectivity index (χ3n) is 4.62. The molecule has 0 aromatic rings. The minimum atomic E-state index is -0.148. The Morgan fingerprint density at radius 1 is 1.21 bits per heavy atom. The first kappa shape index (κ1) is 15.0. The van der Waals surface area contributed by atoms with E-state index in [0.29, 0.717) is 24.2 Å². The van der Waals surface area contributed by atoms with Crippen LogP contribution in [0, 0.1) is 5.92 Å². The maximum Gasteiger partial charge on any atom is 0.161 e. The molecule has 110 valence electrons. The highest BCUT2D eigenvalue weighted by Crippen LogP contribution is 2.29. The summed E-state index contributed by atoms with van der Waals surface area (Å²) in [5, 5.41) is 0. The lowest BCUT2D eigenvalue weighted by Gasteiger charge is -2.28. The third kappa shape index (κ3) is 4.57. The quantitative estimate of drug-likeness (QED) is 0.709. The van der Waals surface area contributed by atoms with Crippen LogP contribution in [0.1, 0.15) is 64.2 Å². The van der Waals surface area contributed by atoms with Crippen LogP contribution in [0.2, 0.25) is 0 Å². The Balaban J connectivity index is 1.69. The summed E-state index contributed by atoms with van der Waals surface area (Å²) in [7, 11) is 1.69. The summed E-state index contributed by atoms with van der Waals surface area (Å²) in [6, 6.07) is 0. The number of hydrogen-bond acceptors (Lipinski definition) is 3. The van der Waals surface area contributed by atoms with Gasteiger partial charge in [-0.15, -0.1) is 0 Å². The Hall–Kier alpha value is -0.410. The first-order chi connectivity index (χ1) is 9.31. The van der Waals surface area contributed by atoms with E-state index < -0.39 is 0 Å². The number of hydrogen-bond donors (Lipinski definition) is 0. The van der Waals surface area contributed by atoms with Gasteiger partial charge in [0, 0.05) is 20.1 Å². The van der Waals surface area contributed by atoms with Gasteiger partial charge in [0.15, 0.2) is 5.78 Å². The van der Waals surface area contributed by atoms with Crippen LogP contribution < -0.4 is 0 Å². The van der Waals surface area contributed by atoms with Crippen LogP contribution in [-0.2, 0) is 14.3 Å². The molecule has 0 bridgehead atoms. The summed E-state index contributed by atoms with van der Waals surface area (Å²) >= 11 is 0.